The molecule has 0 saturated carbocycles. The van der Waals surface area contributed by atoms with Gasteiger partial charge in [-0.1, -0.05) is 90.6 Å². The van der Waals surface area contributed by atoms with Crippen LogP contribution >= 0.6 is 0 Å². The fourth-order valence-electron chi connectivity index (χ4n) is 2.72. The van der Waals surface area contributed by atoms with Crippen molar-refractivity contribution in [3.63, 3.8) is 0 Å². The number of aliphatic imine (C=N–C) groups is 1. The average Bonchev–Trinajstić information content (AvgIpc) is 2.51. The molecule has 0 aliphatic heterocycles. The standard InChI is InChI=1S/C21H41N/c1-5-7-8-9-10-11-12-13-14-15-16-17-18-19-21(4)22-20(3)6-2/h19H,5-18H2,1-4H3/b21-19+,22-20?. The fraction of sp³-hybridized carbons (Fsp3) is 0.857. The normalized spacial score (nSPS) is 12.9. The molecule has 0 saturated heterocycles. The van der Waals surface area contributed by atoms with Crippen molar-refractivity contribution >= 4 is 5.71 Å². The number of rotatable bonds is 15. The predicted octanol–water partition coefficient (Wildman–Crippen LogP) is 7.85. The van der Waals surface area contributed by atoms with E-state index in [0.717, 1.165) is 6.42 Å². The molecule has 0 fully saturated rings. The molecule has 0 radical (unpaired) electrons. The highest BCUT2D eigenvalue weighted by molar-refractivity contribution is 5.82. The van der Waals surface area contributed by atoms with Gasteiger partial charge in [0.05, 0.1) is 0 Å². The molecule has 0 aromatic carbocycles. The minimum absolute atomic E-state index is 1.06. The smallest absolute Gasteiger partial charge is 0.0332 e. The van der Waals surface area contributed by atoms with Gasteiger partial charge in [0.1, 0.15) is 0 Å². The zero-order valence-electron chi connectivity index (χ0n) is 15.9. The van der Waals surface area contributed by atoms with Crippen LogP contribution in [0, 0.1) is 0 Å². The van der Waals surface area contributed by atoms with E-state index in [2.05, 4.69) is 38.8 Å². The van der Waals surface area contributed by atoms with Crippen LogP contribution in [0.4, 0.5) is 0 Å². The lowest BCUT2D eigenvalue weighted by molar-refractivity contribution is 0.545. The maximum Gasteiger partial charge on any atom is 0.0332 e. The lowest BCUT2D eigenvalue weighted by atomic mass is 10.0. The van der Waals surface area contributed by atoms with Gasteiger partial charge in [-0.3, -0.25) is 4.99 Å². The molecule has 0 unspecified atom stereocenters. The highest BCUT2D eigenvalue weighted by Gasteiger charge is 1.93. The summed E-state index contributed by atoms with van der Waals surface area (Å²) in [5.74, 6) is 0. The fourth-order valence-corrected chi connectivity index (χ4v) is 2.72. The van der Waals surface area contributed by atoms with Gasteiger partial charge in [0.2, 0.25) is 0 Å². The summed E-state index contributed by atoms with van der Waals surface area (Å²) < 4.78 is 0. The zero-order valence-corrected chi connectivity index (χ0v) is 15.9. The van der Waals surface area contributed by atoms with E-state index in [1.165, 1.54) is 94.9 Å². The van der Waals surface area contributed by atoms with Gasteiger partial charge in [-0.15, -0.1) is 0 Å². The Bertz CT molecular complexity index is 288. The van der Waals surface area contributed by atoms with E-state index in [9.17, 15) is 0 Å². The Morgan fingerprint density at radius 1 is 0.682 bits per heavy atom. The molecule has 1 nitrogen and oxygen atoms in total. The molecule has 1 heteroatoms. The Balaban J connectivity index is 3.28. The maximum atomic E-state index is 4.57. The molecule has 0 rings (SSSR count). The van der Waals surface area contributed by atoms with Crippen LogP contribution in [0.5, 0.6) is 0 Å². The van der Waals surface area contributed by atoms with E-state index in [0.29, 0.717) is 0 Å². The van der Waals surface area contributed by atoms with Crippen molar-refractivity contribution in [2.45, 2.75) is 118 Å². The minimum Gasteiger partial charge on any atom is -0.263 e. The highest BCUT2D eigenvalue weighted by atomic mass is 14.7. The monoisotopic (exact) mass is 307 g/mol. The molecule has 0 atom stereocenters. The molecule has 130 valence electrons. The van der Waals surface area contributed by atoms with Gasteiger partial charge < -0.3 is 0 Å². The first kappa shape index (κ1) is 21.4. The van der Waals surface area contributed by atoms with Crippen LogP contribution in [0.3, 0.4) is 0 Å². The summed E-state index contributed by atoms with van der Waals surface area (Å²) in [6.45, 7) is 8.69. The third kappa shape index (κ3) is 15.8. The Morgan fingerprint density at radius 2 is 1.14 bits per heavy atom. The predicted molar refractivity (Wildman–Crippen MR) is 103 cm³/mol. The van der Waals surface area contributed by atoms with E-state index in [1.54, 1.807) is 0 Å². The second kappa shape index (κ2) is 16.8. The van der Waals surface area contributed by atoms with Gasteiger partial charge in [-0.05, 0) is 33.1 Å². The van der Waals surface area contributed by atoms with Crippen LogP contribution in [0.25, 0.3) is 0 Å². The molecule has 0 aliphatic carbocycles. The average molecular weight is 308 g/mol. The van der Waals surface area contributed by atoms with Crippen molar-refractivity contribution < 1.29 is 0 Å². The van der Waals surface area contributed by atoms with Gasteiger partial charge in [-0.25, -0.2) is 0 Å². The first-order valence-electron chi connectivity index (χ1n) is 9.91. The summed E-state index contributed by atoms with van der Waals surface area (Å²) >= 11 is 0. The van der Waals surface area contributed by atoms with Crippen LogP contribution in [-0.2, 0) is 0 Å². The van der Waals surface area contributed by atoms with Gasteiger partial charge in [0.15, 0.2) is 0 Å². The molecule has 0 aromatic heterocycles. The largest absolute Gasteiger partial charge is 0.263 e. The van der Waals surface area contributed by atoms with Crippen molar-refractivity contribution in [3.8, 4) is 0 Å². The van der Waals surface area contributed by atoms with Crippen molar-refractivity contribution in [2.24, 2.45) is 4.99 Å². The van der Waals surface area contributed by atoms with Crippen molar-refractivity contribution in [1.29, 1.82) is 0 Å². The van der Waals surface area contributed by atoms with Gasteiger partial charge >= 0.3 is 0 Å². The summed E-state index contributed by atoms with van der Waals surface area (Å²) in [5.41, 5.74) is 2.44. The van der Waals surface area contributed by atoms with Crippen LogP contribution < -0.4 is 0 Å². The molecular formula is C21H41N. The molecule has 0 N–H and O–H groups in total. The molecule has 0 aromatic rings. The van der Waals surface area contributed by atoms with E-state index in [1.807, 2.05) is 0 Å². The Kier molecular flexibility index (Phi) is 16.3. The molecular weight excluding hydrogens is 266 g/mol. The second-order valence-corrected chi connectivity index (χ2v) is 6.72. The van der Waals surface area contributed by atoms with E-state index in [-0.39, 0.29) is 0 Å². The number of hydrogen-bond acceptors (Lipinski definition) is 1. The molecule has 0 spiro atoms. The Morgan fingerprint density at radius 3 is 1.59 bits per heavy atom. The van der Waals surface area contributed by atoms with Crippen LogP contribution in [0.1, 0.15) is 118 Å². The summed E-state index contributed by atoms with van der Waals surface area (Å²) in [6, 6.07) is 0. The summed E-state index contributed by atoms with van der Waals surface area (Å²) in [6.07, 6.45) is 21.6. The quantitative estimate of drug-likeness (QED) is 0.216. The van der Waals surface area contributed by atoms with E-state index >= 15 is 0 Å². The van der Waals surface area contributed by atoms with Crippen LogP contribution in [0.2, 0.25) is 0 Å². The summed E-state index contributed by atoms with van der Waals surface area (Å²) in [7, 11) is 0. The molecule has 0 aliphatic rings. The molecule has 0 heterocycles. The van der Waals surface area contributed by atoms with Gasteiger partial charge in [0.25, 0.3) is 0 Å². The lowest BCUT2D eigenvalue weighted by Gasteiger charge is -2.02. The van der Waals surface area contributed by atoms with Crippen molar-refractivity contribution in [2.75, 3.05) is 0 Å². The molecule has 0 bridgehead atoms. The van der Waals surface area contributed by atoms with Crippen molar-refractivity contribution in [3.05, 3.63) is 11.8 Å². The van der Waals surface area contributed by atoms with E-state index in [4.69, 9.17) is 0 Å². The maximum absolute atomic E-state index is 4.57. The van der Waals surface area contributed by atoms with Crippen LogP contribution in [-0.4, -0.2) is 5.71 Å². The number of nitrogens with zero attached hydrogens (tertiary/aromatic N) is 1. The number of unbranched alkanes of at least 4 members (excludes halogenated alkanes) is 12. The second-order valence-electron chi connectivity index (χ2n) is 6.72. The molecule has 0 amide bonds. The number of allylic oxidation sites excluding steroid dienone is 2. The first-order chi connectivity index (χ1) is 10.7. The van der Waals surface area contributed by atoms with E-state index < -0.39 is 0 Å². The lowest BCUT2D eigenvalue weighted by Crippen LogP contribution is -1.87. The molecule has 22 heavy (non-hydrogen) atoms. The number of hydrogen-bond donors (Lipinski definition) is 0. The Labute approximate surface area is 140 Å². The van der Waals surface area contributed by atoms with Gasteiger partial charge in [-0.2, -0.15) is 0 Å². The topological polar surface area (TPSA) is 12.4 Å². The summed E-state index contributed by atoms with van der Waals surface area (Å²) in [4.78, 5) is 4.57. The van der Waals surface area contributed by atoms with Crippen molar-refractivity contribution in [1.82, 2.24) is 0 Å². The van der Waals surface area contributed by atoms with Crippen LogP contribution in [0.15, 0.2) is 16.8 Å². The van der Waals surface area contributed by atoms with Gasteiger partial charge in [0, 0.05) is 11.4 Å². The first-order valence-corrected chi connectivity index (χ1v) is 9.91. The zero-order chi connectivity index (χ0) is 16.5. The Hall–Kier alpha value is -0.590. The minimum atomic E-state index is 1.06. The third-order valence-corrected chi connectivity index (χ3v) is 4.38. The third-order valence-electron chi connectivity index (χ3n) is 4.38. The highest BCUT2D eigenvalue weighted by Crippen LogP contribution is 2.13. The summed E-state index contributed by atoms with van der Waals surface area (Å²) in [5, 5.41) is 0. The SMILES string of the molecule is CCCCCCCCCCCCCC/C=C(\C)N=C(C)CC.